The minimum Gasteiger partial charge on any atom is -0.350 e. The number of aromatic amines is 1. The second-order valence-electron chi connectivity index (χ2n) is 8.02. The predicted octanol–water partition coefficient (Wildman–Crippen LogP) is 5.47. The monoisotopic (exact) mass is 509 g/mol. The fourth-order valence-electron chi connectivity index (χ4n) is 3.47. The number of aromatic nitrogens is 4. The van der Waals surface area contributed by atoms with Gasteiger partial charge in [0.25, 0.3) is 5.91 Å². The largest absolute Gasteiger partial charge is 0.350 e. The van der Waals surface area contributed by atoms with Gasteiger partial charge in [-0.15, -0.1) is 0 Å². The number of halogens is 2. The number of amides is 1. The van der Waals surface area contributed by atoms with Crippen LogP contribution < -0.4 is 15.5 Å². The van der Waals surface area contributed by atoms with E-state index in [4.69, 9.17) is 11.6 Å². The maximum atomic E-state index is 13.5. The van der Waals surface area contributed by atoms with Crippen LogP contribution in [0.2, 0.25) is 5.02 Å². The summed E-state index contributed by atoms with van der Waals surface area (Å²) in [4.78, 5) is 24.4. The highest BCUT2D eigenvalue weighted by atomic mass is 35.5. The molecule has 5 rings (SSSR count). The molecule has 0 unspecified atom stereocenters. The maximum Gasteiger partial charge on any atom is 0.257 e. The second-order valence-corrected chi connectivity index (χ2v) is 9.47. The number of nitrogens with one attached hydrogen (secondary N) is 3. The summed E-state index contributed by atoms with van der Waals surface area (Å²) in [5.41, 5.74) is 1.97. The van der Waals surface area contributed by atoms with Gasteiger partial charge in [-0.2, -0.15) is 5.10 Å². The third kappa shape index (κ3) is 5.55. The van der Waals surface area contributed by atoms with Gasteiger partial charge in [0.05, 0.1) is 23.7 Å². The van der Waals surface area contributed by atoms with Crippen molar-refractivity contribution >= 4 is 52.4 Å². The number of aryl methyl sites for hydroxylation is 1. The van der Waals surface area contributed by atoms with Crippen LogP contribution in [0.3, 0.4) is 0 Å². The van der Waals surface area contributed by atoms with Crippen molar-refractivity contribution in [1.29, 1.82) is 0 Å². The summed E-state index contributed by atoms with van der Waals surface area (Å²) in [7, 11) is 0. The minimum absolute atomic E-state index is 0.280. The quantitative estimate of drug-likeness (QED) is 0.284. The molecule has 1 amide bonds. The van der Waals surface area contributed by atoms with Crippen LogP contribution in [0.4, 0.5) is 27.5 Å². The van der Waals surface area contributed by atoms with Gasteiger partial charge < -0.3 is 15.5 Å². The molecule has 1 fully saturated rings. The Labute approximate surface area is 210 Å². The average Bonchev–Trinajstić information content (AvgIpc) is 3.22. The zero-order valence-electron chi connectivity index (χ0n) is 18.6. The van der Waals surface area contributed by atoms with Crippen molar-refractivity contribution in [3.05, 3.63) is 76.9 Å². The lowest BCUT2D eigenvalue weighted by Crippen LogP contribution is -2.48. The van der Waals surface area contributed by atoms with Crippen LogP contribution >= 0.6 is 23.4 Å². The number of nitrogens with zero attached hydrogens (tertiary/aromatic N) is 4. The fourth-order valence-corrected chi connectivity index (χ4v) is 4.45. The van der Waals surface area contributed by atoms with Crippen LogP contribution in [0, 0.1) is 6.92 Å². The molecule has 1 saturated heterocycles. The lowest BCUT2D eigenvalue weighted by Gasteiger charge is -2.35. The van der Waals surface area contributed by atoms with Crippen molar-refractivity contribution in [2.75, 3.05) is 28.6 Å². The van der Waals surface area contributed by atoms with Crippen molar-refractivity contribution in [3.8, 4) is 0 Å². The van der Waals surface area contributed by atoms with E-state index in [0.717, 1.165) is 10.6 Å². The first kappa shape index (κ1) is 23.1. The van der Waals surface area contributed by atoms with Crippen LogP contribution in [0.5, 0.6) is 0 Å². The lowest BCUT2D eigenvalue weighted by atomic mass is 10.2. The first-order chi connectivity index (χ1) is 16.9. The first-order valence-electron chi connectivity index (χ1n) is 10.8. The van der Waals surface area contributed by atoms with Gasteiger partial charge in [-0.3, -0.25) is 9.89 Å². The lowest BCUT2D eigenvalue weighted by molar-refractivity contribution is 0.102. The summed E-state index contributed by atoms with van der Waals surface area (Å²) in [5, 5.41) is 14.0. The summed E-state index contributed by atoms with van der Waals surface area (Å²) in [6, 6.07) is 17.9. The van der Waals surface area contributed by atoms with E-state index in [1.54, 1.807) is 42.5 Å². The fraction of sp³-hybridized carbons (Fsp3) is 0.167. The number of alkyl halides is 1. The molecule has 0 bridgehead atoms. The number of carbonyl (C=O) groups is 1. The molecular formula is C24H21ClFN7OS. The number of carbonyl (C=O) groups excluding carboxylic acids is 1. The number of benzene rings is 2. The molecule has 8 nitrogen and oxygen atoms in total. The highest BCUT2D eigenvalue weighted by molar-refractivity contribution is 7.99. The van der Waals surface area contributed by atoms with Crippen molar-refractivity contribution in [2.45, 2.75) is 23.1 Å². The van der Waals surface area contributed by atoms with Gasteiger partial charge in [-0.25, -0.2) is 14.4 Å². The van der Waals surface area contributed by atoms with Crippen LogP contribution in [0.25, 0.3) is 0 Å². The molecule has 3 N–H and O–H groups in total. The van der Waals surface area contributed by atoms with Crippen molar-refractivity contribution < 1.29 is 9.18 Å². The number of hydrogen-bond acceptors (Lipinski definition) is 7. The number of rotatable bonds is 7. The summed E-state index contributed by atoms with van der Waals surface area (Å²) in [6.45, 7) is 2.52. The van der Waals surface area contributed by atoms with Crippen LogP contribution in [-0.2, 0) is 0 Å². The van der Waals surface area contributed by atoms with E-state index < -0.39 is 6.17 Å². The van der Waals surface area contributed by atoms with E-state index in [9.17, 15) is 9.18 Å². The van der Waals surface area contributed by atoms with Gasteiger partial charge in [-0.05, 0) is 55.1 Å². The molecule has 1 aliphatic heterocycles. The Balaban J connectivity index is 1.32. The highest BCUT2D eigenvalue weighted by Gasteiger charge is 2.28. The minimum atomic E-state index is -0.847. The normalized spacial score (nSPS) is 13.4. The third-order valence-electron chi connectivity index (χ3n) is 5.25. The average molecular weight is 510 g/mol. The molecule has 0 aliphatic carbocycles. The van der Waals surface area contributed by atoms with E-state index in [1.807, 2.05) is 30.0 Å². The van der Waals surface area contributed by atoms with Gasteiger partial charge in [0.15, 0.2) is 11.0 Å². The number of anilines is 4. The molecule has 0 spiro atoms. The van der Waals surface area contributed by atoms with Crippen LogP contribution in [0.1, 0.15) is 16.1 Å². The third-order valence-corrected chi connectivity index (χ3v) is 6.46. The smallest absolute Gasteiger partial charge is 0.257 e. The van der Waals surface area contributed by atoms with Crippen LogP contribution in [0.15, 0.2) is 70.7 Å². The molecule has 11 heteroatoms. The maximum absolute atomic E-state index is 13.5. The molecule has 3 heterocycles. The molecule has 0 saturated carbocycles. The molecule has 2 aromatic carbocycles. The van der Waals surface area contributed by atoms with Crippen LogP contribution in [-0.4, -0.2) is 45.3 Å². The van der Waals surface area contributed by atoms with E-state index in [1.165, 1.54) is 11.8 Å². The van der Waals surface area contributed by atoms with Gasteiger partial charge in [0.1, 0.15) is 17.8 Å². The molecule has 0 atom stereocenters. The van der Waals surface area contributed by atoms with E-state index in [2.05, 4.69) is 30.8 Å². The Morgan fingerprint density at radius 2 is 1.89 bits per heavy atom. The Kier molecular flexibility index (Phi) is 6.56. The molecule has 0 radical (unpaired) electrons. The summed E-state index contributed by atoms with van der Waals surface area (Å²) in [5.74, 6) is 1.57. The van der Waals surface area contributed by atoms with Crippen molar-refractivity contribution in [1.82, 2.24) is 20.2 Å². The molecule has 35 heavy (non-hydrogen) atoms. The topological polar surface area (TPSA) is 98.8 Å². The number of H-pyrrole nitrogens is 1. The standard InChI is InChI=1S/C24H21ClFN7OS/c1-14-10-21(32-31-14)28-20-11-22(33-12-15(26)13-33)30-24(29-20)35-17-8-6-16(7-9-17)27-23(34)18-4-2-3-5-19(18)25/h2-11,15H,12-13H2,1H3,(H,27,34)(H2,28,29,30,31,32). The molecule has 1 aliphatic rings. The van der Waals surface area contributed by atoms with Gasteiger partial charge in [-0.1, -0.05) is 23.7 Å². The van der Waals surface area contributed by atoms with E-state index in [-0.39, 0.29) is 5.91 Å². The van der Waals surface area contributed by atoms with Gasteiger partial charge >= 0.3 is 0 Å². The van der Waals surface area contributed by atoms with E-state index >= 15 is 0 Å². The first-order valence-corrected chi connectivity index (χ1v) is 12.0. The highest BCUT2D eigenvalue weighted by Crippen LogP contribution is 2.31. The second kappa shape index (κ2) is 9.93. The Bertz CT molecular complexity index is 1360. The molecular weight excluding hydrogens is 489 g/mol. The predicted molar refractivity (Wildman–Crippen MR) is 136 cm³/mol. The molecule has 4 aromatic rings. The molecule has 178 valence electrons. The van der Waals surface area contributed by atoms with Crippen molar-refractivity contribution in [3.63, 3.8) is 0 Å². The Morgan fingerprint density at radius 3 is 2.57 bits per heavy atom. The summed E-state index contributed by atoms with van der Waals surface area (Å²) >= 11 is 7.48. The Morgan fingerprint density at radius 1 is 1.11 bits per heavy atom. The zero-order valence-corrected chi connectivity index (χ0v) is 20.2. The van der Waals surface area contributed by atoms with E-state index in [0.29, 0.717) is 52.0 Å². The van der Waals surface area contributed by atoms with Gasteiger partial charge in [0, 0.05) is 28.4 Å². The molecule has 2 aromatic heterocycles. The Hall–Kier alpha value is -3.63. The van der Waals surface area contributed by atoms with Crippen molar-refractivity contribution in [2.24, 2.45) is 0 Å². The number of hydrogen-bond donors (Lipinski definition) is 3. The summed E-state index contributed by atoms with van der Waals surface area (Å²) in [6.07, 6.45) is -0.847. The SMILES string of the molecule is Cc1cc(Nc2cc(N3CC(F)C3)nc(Sc3ccc(NC(=O)c4ccccc4Cl)cc3)n2)n[nH]1. The van der Waals surface area contributed by atoms with Gasteiger partial charge in [0.2, 0.25) is 0 Å². The summed E-state index contributed by atoms with van der Waals surface area (Å²) < 4.78 is 13.5. The zero-order chi connectivity index (χ0) is 24.4.